The lowest BCUT2D eigenvalue weighted by molar-refractivity contribution is 0.102. The highest BCUT2D eigenvalue weighted by Crippen LogP contribution is 2.24. The average Bonchev–Trinajstić information content (AvgIpc) is 3.19. The normalized spacial score (nSPS) is 12.0. The van der Waals surface area contributed by atoms with Crippen LogP contribution < -0.4 is 10.6 Å². The van der Waals surface area contributed by atoms with E-state index in [9.17, 15) is 9.18 Å². The first kappa shape index (κ1) is 16.7. The van der Waals surface area contributed by atoms with Gasteiger partial charge in [0.15, 0.2) is 5.82 Å². The van der Waals surface area contributed by atoms with Gasteiger partial charge in [-0.2, -0.15) is 4.98 Å². The first-order valence-electron chi connectivity index (χ1n) is 7.66. The lowest BCUT2D eigenvalue weighted by Gasteiger charge is -2.13. The zero-order valence-corrected chi connectivity index (χ0v) is 14.0. The molecule has 0 aliphatic heterocycles. The Kier molecular flexibility index (Phi) is 4.51. The number of nitrogens with zero attached hydrogens (tertiary/aromatic N) is 2. The highest BCUT2D eigenvalue weighted by Gasteiger charge is 2.16. The summed E-state index contributed by atoms with van der Waals surface area (Å²) in [7, 11) is 0. The molecule has 3 aromatic rings. The highest BCUT2D eigenvalue weighted by atomic mass is 19.1. The molecule has 2 aromatic heterocycles. The minimum absolute atomic E-state index is 0.0597. The predicted molar refractivity (Wildman–Crippen MR) is 88.9 cm³/mol. The van der Waals surface area contributed by atoms with E-state index < -0.39 is 11.7 Å². The summed E-state index contributed by atoms with van der Waals surface area (Å²) in [6.07, 6.45) is 1.41. The summed E-state index contributed by atoms with van der Waals surface area (Å²) in [5.41, 5.74) is 1.01. The molecule has 1 atom stereocenters. The molecule has 3 rings (SSSR count). The number of aromatic nitrogens is 2. The van der Waals surface area contributed by atoms with Gasteiger partial charge in [0.25, 0.3) is 5.91 Å². The molecule has 2 heterocycles. The van der Waals surface area contributed by atoms with Crippen LogP contribution in [0.15, 0.2) is 39.5 Å². The summed E-state index contributed by atoms with van der Waals surface area (Å²) >= 11 is 0. The van der Waals surface area contributed by atoms with Crippen LogP contribution in [0, 0.1) is 19.7 Å². The standard InChI is InChI=1S/C17H17FN4O3/c1-9(17-20-11(3)22-25-17)19-12-4-5-14(18)15(8-12)21-16(23)13-6-7-24-10(13)2/h4-9,19H,1-3H3,(H,21,23)/t9-/m1/s1. The quantitative estimate of drug-likeness (QED) is 0.730. The Morgan fingerprint density at radius 2 is 2.08 bits per heavy atom. The van der Waals surface area contributed by atoms with Gasteiger partial charge < -0.3 is 19.6 Å². The summed E-state index contributed by atoms with van der Waals surface area (Å²) in [5.74, 6) is 0.435. The van der Waals surface area contributed by atoms with Gasteiger partial charge in [-0.25, -0.2) is 4.39 Å². The Hall–Kier alpha value is -3.16. The third-order valence-electron chi connectivity index (χ3n) is 3.61. The van der Waals surface area contributed by atoms with E-state index >= 15 is 0 Å². The minimum Gasteiger partial charge on any atom is -0.469 e. The van der Waals surface area contributed by atoms with Crippen LogP contribution >= 0.6 is 0 Å². The molecule has 1 amide bonds. The van der Waals surface area contributed by atoms with Crippen LogP contribution in [0.2, 0.25) is 0 Å². The van der Waals surface area contributed by atoms with Crippen molar-refractivity contribution in [2.45, 2.75) is 26.8 Å². The molecular formula is C17H17FN4O3. The number of hydrogen-bond acceptors (Lipinski definition) is 6. The van der Waals surface area contributed by atoms with E-state index in [0.717, 1.165) is 0 Å². The Balaban J connectivity index is 1.76. The number of carbonyl (C=O) groups excluding carboxylic acids is 1. The summed E-state index contributed by atoms with van der Waals surface area (Å²) in [5, 5.41) is 9.41. The van der Waals surface area contributed by atoms with E-state index in [4.69, 9.17) is 8.94 Å². The molecule has 25 heavy (non-hydrogen) atoms. The number of carbonyl (C=O) groups is 1. The Morgan fingerprint density at radius 3 is 2.72 bits per heavy atom. The zero-order valence-electron chi connectivity index (χ0n) is 14.0. The number of benzene rings is 1. The third kappa shape index (κ3) is 3.68. The molecule has 0 aliphatic rings. The summed E-state index contributed by atoms with van der Waals surface area (Å²) in [4.78, 5) is 16.4. The maximum atomic E-state index is 14.0. The van der Waals surface area contributed by atoms with Gasteiger partial charge in [0, 0.05) is 5.69 Å². The molecule has 130 valence electrons. The molecule has 0 saturated carbocycles. The van der Waals surface area contributed by atoms with Gasteiger partial charge in [0.1, 0.15) is 17.6 Å². The summed E-state index contributed by atoms with van der Waals surface area (Å²) < 4.78 is 24.2. The van der Waals surface area contributed by atoms with Crippen molar-refractivity contribution in [2.24, 2.45) is 0 Å². The number of anilines is 2. The minimum atomic E-state index is -0.540. The monoisotopic (exact) mass is 344 g/mol. The van der Waals surface area contributed by atoms with Crippen LogP contribution in [0.25, 0.3) is 0 Å². The van der Waals surface area contributed by atoms with Crippen molar-refractivity contribution in [3.05, 3.63) is 59.4 Å². The lowest BCUT2D eigenvalue weighted by atomic mass is 10.2. The van der Waals surface area contributed by atoms with Crippen molar-refractivity contribution in [1.29, 1.82) is 0 Å². The van der Waals surface area contributed by atoms with Gasteiger partial charge in [-0.15, -0.1) is 0 Å². The van der Waals surface area contributed by atoms with Gasteiger partial charge >= 0.3 is 0 Å². The maximum absolute atomic E-state index is 14.0. The molecule has 0 aliphatic carbocycles. The van der Waals surface area contributed by atoms with Crippen LogP contribution in [-0.4, -0.2) is 16.0 Å². The van der Waals surface area contributed by atoms with Crippen molar-refractivity contribution in [1.82, 2.24) is 10.1 Å². The third-order valence-corrected chi connectivity index (χ3v) is 3.61. The molecule has 0 radical (unpaired) electrons. The number of nitrogens with one attached hydrogen (secondary N) is 2. The fourth-order valence-electron chi connectivity index (χ4n) is 2.32. The van der Waals surface area contributed by atoms with Crippen molar-refractivity contribution >= 4 is 17.3 Å². The fraction of sp³-hybridized carbons (Fsp3) is 0.235. The van der Waals surface area contributed by atoms with Crippen molar-refractivity contribution < 1.29 is 18.1 Å². The van der Waals surface area contributed by atoms with E-state index in [1.807, 2.05) is 6.92 Å². The predicted octanol–water partition coefficient (Wildman–Crippen LogP) is 3.84. The van der Waals surface area contributed by atoms with Crippen LogP contribution in [0.1, 0.15) is 40.8 Å². The topological polar surface area (TPSA) is 93.2 Å². The Morgan fingerprint density at radius 1 is 1.28 bits per heavy atom. The van der Waals surface area contributed by atoms with E-state index in [-0.39, 0.29) is 11.7 Å². The summed E-state index contributed by atoms with van der Waals surface area (Å²) in [6, 6.07) is 5.60. The van der Waals surface area contributed by atoms with Crippen molar-refractivity contribution in [2.75, 3.05) is 10.6 Å². The number of aryl methyl sites for hydroxylation is 2. The van der Waals surface area contributed by atoms with Crippen molar-refractivity contribution in [3.63, 3.8) is 0 Å². The molecular weight excluding hydrogens is 327 g/mol. The van der Waals surface area contributed by atoms with Crippen LogP contribution in [0.4, 0.5) is 15.8 Å². The number of amides is 1. The SMILES string of the molecule is Cc1noc([C@@H](C)Nc2ccc(F)c(NC(=O)c3ccoc3C)c2)n1. The lowest BCUT2D eigenvalue weighted by Crippen LogP contribution is -2.14. The van der Waals surface area contributed by atoms with Crippen LogP contribution in [-0.2, 0) is 0 Å². The molecule has 0 bridgehead atoms. The first-order valence-corrected chi connectivity index (χ1v) is 7.66. The second kappa shape index (κ2) is 6.76. The van der Waals surface area contributed by atoms with Gasteiger partial charge in [-0.1, -0.05) is 5.16 Å². The molecule has 1 aromatic carbocycles. The van der Waals surface area contributed by atoms with E-state index in [0.29, 0.717) is 28.7 Å². The number of halogens is 1. The molecule has 0 spiro atoms. The largest absolute Gasteiger partial charge is 0.469 e. The highest BCUT2D eigenvalue weighted by molar-refractivity contribution is 6.05. The van der Waals surface area contributed by atoms with E-state index in [1.165, 1.54) is 24.5 Å². The molecule has 2 N–H and O–H groups in total. The first-order chi connectivity index (χ1) is 11.9. The van der Waals surface area contributed by atoms with Crippen LogP contribution in [0.3, 0.4) is 0 Å². The Labute approximate surface area is 143 Å². The van der Waals surface area contributed by atoms with E-state index in [1.54, 1.807) is 19.9 Å². The number of furan rings is 1. The van der Waals surface area contributed by atoms with E-state index in [2.05, 4.69) is 20.8 Å². The molecule has 0 fully saturated rings. The smallest absolute Gasteiger partial charge is 0.259 e. The van der Waals surface area contributed by atoms with Gasteiger partial charge in [-0.05, 0) is 45.0 Å². The van der Waals surface area contributed by atoms with Gasteiger partial charge in [0.2, 0.25) is 5.89 Å². The van der Waals surface area contributed by atoms with Gasteiger partial charge in [0.05, 0.1) is 17.5 Å². The molecule has 0 saturated heterocycles. The molecule has 0 unspecified atom stereocenters. The zero-order chi connectivity index (χ0) is 18.0. The fourth-order valence-corrected chi connectivity index (χ4v) is 2.32. The molecule has 8 heteroatoms. The maximum Gasteiger partial charge on any atom is 0.259 e. The van der Waals surface area contributed by atoms with Gasteiger partial charge in [-0.3, -0.25) is 4.79 Å². The number of hydrogen-bond donors (Lipinski definition) is 2. The number of rotatable bonds is 5. The van der Waals surface area contributed by atoms with Crippen LogP contribution in [0.5, 0.6) is 0 Å². The Bertz CT molecular complexity index is 903. The second-order valence-electron chi connectivity index (χ2n) is 5.59. The molecule has 7 nitrogen and oxygen atoms in total. The van der Waals surface area contributed by atoms with Crippen molar-refractivity contribution in [3.8, 4) is 0 Å². The average molecular weight is 344 g/mol. The summed E-state index contributed by atoms with van der Waals surface area (Å²) in [6.45, 7) is 5.23. The second-order valence-corrected chi connectivity index (χ2v) is 5.59.